The van der Waals surface area contributed by atoms with Crippen molar-refractivity contribution in [3.8, 4) is 0 Å². The number of nitrogens with one attached hydrogen (secondary N) is 2. The zero-order valence-corrected chi connectivity index (χ0v) is 16.9. The summed E-state index contributed by atoms with van der Waals surface area (Å²) in [6.07, 6.45) is 5.24. The largest absolute Gasteiger partial charge is 0.379 e. The number of hydrogen-bond acceptors (Lipinski definition) is 5. The molecule has 0 aromatic carbocycles. The van der Waals surface area contributed by atoms with Gasteiger partial charge in [-0.1, -0.05) is 0 Å². The van der Waals surface area contributed by atoms with E-state index in [0.717, 1.165) is 57.3 Å². The lowest BCUT2D eigenvalue weighted by Crippen LogP contribution is -2.38. The molecule has 0 amide bonds. The van der Waals surface area contributed by atoms with Crippen molar-refractivity contribution < 1.29 is 9.47 Å². The number of hydrogen-bond donors (Lipinski definition) is 2. The molecule has 0 bridgehead atoms. The number of aromatic nitrogens is 3. The standard InChI is InChI=1S/C15H28N6O2.HI/c1-3-21-12-19-20-14(21)10-18-15(16-2)17-7-5-8-22-11-13-6-4-9-23-13;/h12-13H,3-11H2,1-2H3,(H2,16,17,18);1H. The van der Waals surface area contributed by atoms with E-state index in [4.69, 9.17) is 9.47 Å². The van der Waals surface area contributed by atoms with Gasteiger partial charge in [0.1, 0.15) is 6.33 Å². The predicted molar refractivity (Wildman–Crippen MR) is 104 cm³/mol. The smallest absolute Gasteiger partial charge is 0.191 e. The second kappa shape index (κ2) is 12.4. The van der Waals surface area contributed by atoms with Crippen molar-refractivity contribution in [2.75, 3.05) is 33.4 Å². The molecule has 0 aliphatic carbocycles. The van der Waals surface area contributed by atoms with E-state index in [-0.39, 0.29) is 24.0 Å². The molecular weight excluding hydrogens is 423 g/mol. The Labute approximate surface area is 160 Å². The Kier molecular flexibility index (Phi) is 10.9. The van der Waals surface area contributed by atoms with Gasteiger partial charge in [-0.15, -0.1) is 34.2 Å². The molecule has 0 saturated carbocycles. The molecule has 1 saturated heterocycles. The van der Waals surface area contributed by atoms with Crippen molar-refractivity contribution in [2.45, 2.75) is 45.4 Å². The van der Waals surface area contributed by atoms with Crippen molar-refractivity contribution >= 4 is 29.9 Å². The van der Waals surface area contributed by atoms with Crippen LogP contribution in [-0.4, -0.2) is 60.2 Å². The van der Waals surface area contributed by atoms with Crippen LogP contribution in [-0.2, 0) is 22.6 Å². The number of rotatable bonds is 9. The third-order valence-electron chi connectivity index (χ3n) is 3.76. The third-order valence-corrected chi connectivity index (χ3v) is 3.76. The highest BCUT2D eigenvalue weighted by Gasteiger charge is 2.14. The lowest BCUT2D eigenvalue weighted by molar-refractivity contribution is 0.0168. The quantitative estimate of drug-likeness (QED) is 0.253. The Morgan fingerprint density at radius 1 is 1.50 bits per heavy atom. The van der Waals surface area contributed by atoms with E-state index < -0.39 is 0 Å². The fourth-order valence-corrected chi connectivity index (χ4v) is 2.43. The molecule has 1 unspecified atom stereocenters. The number of ether oxygens (including phenoxy) is 2. The van der Waals surface area contributed by atoms with Gasteiger partial charge in [0.05, 0.1) is 19.3 Å². The first-order valence-electron chi connectivity index (χ1n) is 8.34. The molecule has 1 atom stereocenters. The van der Waals surface area contributed by atoms with Crippen LogP contribution in [0.5, 0.6) is 0 Å². The highest BCUT2D eigenvalue weighted by Crippen LogP contribution is 2.11. The molecule has 1 fully saturated rings. The first kappa shape index (κ1) is 21.1. The number of aliphatic imine (C=N–C) groups is 1. The molecule has 0 radical (unpaired) electrons. The van der Waals surface area contributed by atoms with E-state index >= 15 is 0 Å². The van der Waals surface area contributed by atoms with Crippen LogP contribution in [0.3, 0.4) is 0 Å². The molecule has 2 N–H and O–H groups in total. The third kappa shape index (κ3) is 7.31. The molecule has 8 nitrogen and oxygen atoms in total. The van der Waals surface area contributed by atoms with Crippen molar-refractivity contribution in [1.82, 2.24) is 25.4 Å². The Bertz CT molecular complexity index is 476. The summed E-state index contributed by atoms with van der Waals surface area (Å²) < 4.78 is 13.2. The number of halogens is 1. The summed E-state index contributed by atoms with van der Waals surface area (Å²) in [4.78, 5) is 4.20. The van der Waals surface area contributed by atoms with Crippen LogP contribution < -0.4 is 10.6 Å². The summed E-state index contributed by atoms with van der Waals surface area (Å²) in [6.45, 7) is 6.65. The maximum absolute atomic E-state index is 5.64. The van der Waals surface area contributed by atoms with Gasteiger partial charge < -0.3 is 24.7 Å². The molecule has 1 aromatic heterocycles. The predicted octanol–water partition coefficient (Wildman–Crippen LogP) is 1.17. The van der Waals surface area contributed by atoms with Gasteiger partial charge in [-0.05, 0) is 26.2 Å². The minimum Gasteiger partial charge on any atom is -0.379 e. The fraction of sp³-hybridized carbons (Fsp3) is 0.800. The minimum atomic E-state index is 0. The lowest BCUT2D eigenvalue weighted by Gasteiger charge is -2.13. The van der Waals surface area contributed by atoms with Gasteiger partial charge in [-0.2, -0.15) is 0 Å². The van der Waals surface area contributed by atoms with Gasteiger partial charge in [-0.3, -0.25) is 4.99 Å². The first-order valence-corrected chi connectivity index (χ1v) is 8.34. The van der Waals surface area contributed by atoms with Gasteiger partial charge >= 0.3 is 0 Å². The van der Waals surface area contributed by atoms with Crippen molar-refractivity contribution in [1.29, 1.82) is 0 Å². The summed E-state index contributed by atoms with van der Waals surface area (Å²) in [5.74, 6) is 1.66. The van der Waals surface area contributed by atoms with E-state index in [1.165, 1.54) is 0 Å². The highest BCUT2D eigenvalue weighted by molar-refractivity contribution is 14.0. The van der Waals surface area contributed by atoms with Gasteiger partial charge in [0.15, 0.2) is 11.8 Å². The SMILES string of the molecule is CCn1cnnc1CNC(=NC)NCCCOCC1CCCO1.I. The summed E-state index contributed by atoms with van der Waals surface area (Å²) in [5.41, 5.74) is 0. The normalized spacial score (nSPS) is 17.6. The summed E-state index contributed by atoms with van der Waals surface area (Å²) in [7, 11) is 1.76. The van der Waals surface area contributed by atoms with Gasteiger partial charge in [0.25, 0.3) is 0 Å². The van der Waals surface area contributed by atoms with Crippen LogP contribution in [0.25, 0.3) is 0 Å². The van der Waals surface area contributed by atoms with Crippen LogP contribution in [0.2, 0.25) is 0 Å². The molecule has 2 heterocycles. The molecule has 9 heteroatoms. The van der Waals surface area contributed by atoms with Crippen molar-refractivity contribution in [2.24, 2.45) is 4.99 Å². The van der Waals surface area contributed by atoms with E-state index in [1.807, 2.05) is 4.57 Å². The Balaban J connectivity index is 0.00000288. The Hall–Kier alpha value is -0.940. The summed E-state index contributed by atoms with van der Waals surface area (Å²) in [6, 6.07) is 0. The van der Waals surface area contributed by atoms with Gasteiger partial charge in [-0.25, -0.2) is 0 Å². The average molecular weight is 452 g/mol. The lowest BCUT2D eigenvalue weighted by atomic mass is 10.2. The van der Waals surface area contributed by atoms with Gasteiger partial charge in [0.2, 0.25) is 0 Å². The van der Waals surface area contributed by atoms with Crippen molar-refractivity contribution in [3.05, 3.63) is 12.2 Å². The van der Waals surface area contributed by atoms with Crippen LogP contribution in [0.4, 0.5) is 0 Å². The average Bonchev–Trinajstić information content (AvgIpc) is 3.24. The zero-order chi connectivity index (χ0) is 16.3. The second-order valence-electron chi connectivity index (χ2n) is 5.45. The Morgan fingerprint density at radius 2 is 2.38 bits per heavy atom. The fourth-order valence-electron chi connectivity index (χ4n) is 2.43. The number of aryl methyl sites for hydroxylation is 1. The molecule has 1 aliphatic heterocycles. The molecule has 138 valence electrons. The van der Waals surface area contributed by atoms with Crippen molar-refractivity contribution in [3.63, 3.8) is 0 Å². The topological polar surface area (TPSA) is 85.6 Å². The second-order valence-corrected chi connectivity index (χ2v) is 5.45. The number of nitrogens with zero attached hydrogens (tertiary/aromatic N) is 4. The van der Waals surface area contributed by atoms with Crippen LogP contribution >= 0.6 is 24.0 Å². The molecule has 1 aromatic rings. The minimum absolute atomic E-state index is 0. The van der Waals surface area contributed by atoms with Crippen LogP contribution in [0, 0.1) is 0 Å². The van der Waals surface area contributed by atoms with E-state index in [2.05, 4.69) is 32.7 Å². The molecule has 1 aliphatic rings. The first-order chi connectivity index (χ1) is 11.3. The summed E-state index contributed by atoms with van der Waals surface area (Å²) >= 11 is 0. The Morgan fingerprint density at radius 3 is 3.08 bits per heavy atom. The van der Waals surface area contributed by atoms with Crippen LogP contribution in [0.15, 0.2) is 11.3 Å². The van der Waals surface area contributed by atoms with E-state index in [9.17, 15) is 0 Å². The molecule has 2 rings (SSSR count). The molecule has 24 heavy (non-hydrogen) atoms. The highest BCUT2D eigenvalue weighted by atomic mass is 127. The maximum Gasteiger partial charge on any atom is 0.191 e. The van der Waals surface area contributed by atoms with Gasteiger partial charge in [0, 0.05) is 33.4 Å². The van der Waals surface area contributed by atoms with E-state index in [1.54, 1.807) is 13.4 Å². The number of guanidine groups is 1. The van der Waals surface area contributed by atoms with Crippen LogP contribution in [0.1, 0.15) is 32.0 Å². The monoisotopic (exact) mass is 452 g/mol. The molecular formula is C15H29IN6O2. The van der Waals surface area contributed by atoms with E-state index in [0.29, 0.717) is 19.3 Å². The summed E-state index contributed by atoms with van der Waals surface area (Å²) in [5, 5.41) is 14.5. The maximum atomic E-state index is 5.64. The zero-order valence-electron chi connectivity index (χ0n) is 14.5. The molecule has 0 spiro atoms.